The first-order valence-electron chi connectivity index (χ1n) is 5.80. The Morgan fingerprint density at radius 3 is 2.95 bits per heavy atom. The molecule has 20 heavy (non-hydrogen) atoms. The molecule has 0 unspecified atom stereocenters. The Labute approximate surface area is 112 Å². The van der Waals surface area contributed by atoms with Crippen LogP contribution in [0.3, 0.4) is 0 Å². The molecule has 8 heteroatoms. The Hall–Kier alpha value is -2.90. The lowest BCUT2D eigenvalue weighted by Gasteiger charge is -2.00. The van der Waals surface area contributed by atoms with Gasteiger partial charge in [0.25, 0.3) is 0 Å². The summed E-state index contributed by atoms with van der Waals surface area (Å²) in [5, 5.41) is 8.96. The van der Waals surface area contributed by atoms with E-state index in [1.165, 1.54) is 6.33 Å². The van der Waals surface area contributed by atoms with E-state index in [0.717, 1.165) is 0 Å². The lowest BCUT2D eigenvalue weighted by atomic mass is 10.2. The molecule has 0 radical (unpaired) electrons. The second-order valence-electron chi connectivity index (χ2n) is 4.33. The second kappa shape index (κ2) is 4.34. The molecule has 0 saturated carbocycles. The average Bonchev–Trinajstić information content (AvgIpc) is 2.95. The number of nitrogens with two attached hydrogens (primary N) is 1. The van der Waals surface area contributed by atoms with Gasteiger partial charge < -0.3 is 19.8 Å². The Morgan fingerprint density at radius 1 is 1.45 bits per heavy atom. The van der Waals surface area contributed by atoms with E-state index in [-0.39, 0.29) is 5.76 Å². The summed E-state index contributed by atoms with van der Waals surface area (Å²) in [6, 6.07) is 1.68. The molecule has 0 aliphatic carbocycles. The number of aromatic nitrogens is 4. The van der Waals surface area contributed by atoms with Crippen molar-refractivity contribution in [3.63, 3.8) is 0 Å². The highest BCUT2D eigenvalue weighted by Crippen LogP contribution is 2.19. The standard InChI is InChI=1S/C12H11N5O3/c1-6-2-7(20-9(6)12(18)19)3-17-5-16-8-10(13)14-4-15-11(8)17/h2,4-5H,3H2,1H3,(H,18,19)(H2,13,14,15). The third kappa shape index (κ3) is 1.87. The van der Waals surface area contributed by atoms with E-state index in [9.17, 15) is 4.79 Å². The van der Waals surface area contributed by atoms with Crippen LogP contribution in [0.2, 0.25) is 0 Å². The molecule has 0 saturated heterocycles. The van der Waals surface area contributed by atoms with Crippen LogP contribution in [0.25, 0.3) is 11.2 Å². The number of carboxylic acids is 1. The number of aromatic carboxylic acids is 1. The van der Waals surface area contributed by atoms with Crippen molar-refractivity contribution in [2.75, 3.05) is 5.73 Å². The molecule has 0 fully saturated rings. The van der Waals surface area contributed by atoms with Crippen molar-refractivity contribution in [1.29, 1.82) is 0 Å². The summed E-state index contributed by atoms with van der Waals surface area (Å²) in [4.78, 5) is 23.1. The minimum Gasteiger partial charge on any atom is -0.475 e. The highest BCUT2D eigenvalue weighted by atomic mass is 16.4. The monoisotopic (exact) mass is 273 g/mol. The van der Waals surface area contributed by atoms with Gasteiger partial charge in [-0.05, 0) is 13.0 Å². The SMILES string of the molecule is Cc1cc(Cn2cnc3c(N)ncnc32)oc1C(=O)O. The molecule has 0 spiro atoms. The summed E-state index contributed by atoms with van der Waals surface area (Å²) in [5.41, 5.74) is 7.36. The van der Waals surface area contributed by atoms with Crippen molar-refractivity contribution >= 4 is 23.0 Å². The molecule has 3 rings (SSSR count). The van der Waals surface area contributed by atoms with Gasteiger partial charge in [-0.2, -0.15) is 0 Å². The predicted octanol–water partition coefficient (Wildman–Crippen LogP) is 1.06. The molecular weight excluding hydrogens is 262 g/mol. The number of fused-ring (bicyclic) bond motifs is 1. The Morgan fingerprint density at radius 2 is 2.25 bits per heavy atom. The number of furan rings is 1. The van der Waals surface area contributed by atoms with Gasteiger partial charge in [-0.15, -0.1) is 0 Å². The molecule has 0 amide bonds. The minimum absolute atomic E-state index is 0.0569. The Bertz CT molecular complexity index is 805. The van der Waals surface area contributed by atoms with Crippen LogP contribution >= 0.6 is 0 Å². The van der Waals surface area contributed by atoms with Crippen molar-refractivity contribution in [2.45, 2.75) is 13.5 Å². The predicted molar refractivity (Wildman–Crippen MR) is 69.2 cm³/mol. The van der Waals surface area contributed by atoms with Gasteiger partial charge in [-0.3, -0.25) is 0 Å². The highest BCUT2D eigenvalue weighted by Gasteiger charge is 2.15. The first-order valence-corrected chi connectivity index (χ1v) is 5.80. The van der Waals surface area contributed by atoms with Crippen LogP contribution in [-0.4, -0.2) is 30.6 Å². The molecule has 3 aromatic heterocycles. The number of hydrogen-bond acceptors (Lipinski definition) is 6. The number of imidazole rings is 1. The molecule has 0 aromatic carbocycles. The molecule has 8 nitrogen and oxygen atoms in total. The third-order valence-corrected chi connectivity index (χ3v) is 2.92. The zero-order valence-corrected chi connectivity index (χ0v) is 10.6. The van der Waals surface area contributed by atoms with Gasteiger partial charge in [-0.1, -0.05) is 0 Å². The number of nitrogen functional groups attached to an aromatic ring is 1. The van der Waals surface area contributed by atoms with Crippen LogP contribution < -0.4 is 5.73 Å². The van der Waals surface area contributed by atoms with Gasteiger partial charge in [0.05, 0.1) is 12.9 Å². The fourth-order valence-electron chi connectivity index (χ4n) is 2.02. The molecule has 3 N–H and O–H groups in total. The van der Waals surface area contributed by atoms with Crippen LogP contribution in [-0.2, 0) is 6.54 Å². The number of anilines is 1. The van der Waals surface area contributed by atoms with E-state index in [2.05, 4.69) is 15.0 Å². The topological polar surface area (TPSA) is 120 Å². The summed E-state index contributed by atoms with van der Waals surface area (Å²) >= 11 is 0. The summed E-state index contributed by atoms with van der Waals surface area (Å²) in [7, 11) is 0. The molecule has 0 aliphatic rings. The fourth-order valence-corrected chi connectivity index (χ4v) is 2.02. The van der Waals surface area contributed by atoms with Crippen molar-refractivity contribution in [3.8, 4) is 0 Å². The summed E-state index contributed by atoms with van der Waals surface area (Å²) < 4.78 is 7.03. The van der Waals surface area contributed by atoms with Crippen LogP contribution in [0.5, 0.6) is 0 Å². The molecule has 3 aromatic rings. The van der Waals surface area contributed by atoms with E-state index in [0.29, 0.717) is 34.9 Å². The van der Waals surface area contributed by atoms with Gasteiger partial charge in [-0.25, -0.2) is 19.7 Å². The van der Waals surface area contributed by atoms with E-state index in [1.807, 2.05) is 0 Å². The Balaban J connectivity index is 1.99. The van der Waals surface area contributed by atoms with Crippen molar-refractivity contribution in [1.82, 2.24) is 19.5 Å². The number of carbonyl (C=O) groups is 1. The quantitative estimate of drug-likeness (QED) is 0.731. The maximum absolute atomic E-state index is 10.9. The van der Waals surface area contributed by atoms with E-state index in [1.54, 1.807) is 23.9 Å². The summed E-state index contributed by atoms with van der Waals surface area (Å²) in [5.74, 6) is -0.332. The summed E-state index contributed by atoms with van der Waals surface area (Å²) in [6.07, 6.45) is 2.92. The molecule has 0 atom stereocenters. The first kappa shape index (κ1) is 12.2. The molecule has 102 valence electrons. The van der Waals surface area contributed by atoms with Gasteiger partial charge in [0, 0.05) is 5.56 Å². The van der Waals surface area contributed by atoms with Crippen molar-refractivity contribution in [3.05, 3.63) is 35.8 Å². The molecule has 0 bridgehead atoms. The highest BCUT2D eigenvalue weighted by molar-refractivity contribution is 5.86. The number of aryl methyl sites for hydroxylation is 1. The van der Waals surface area contributed by atoms with Gasteiger partial charge in [0.1, 0.15) is 17.6 Å². The zero-order chi connectivity index (χ0) is 14.3. The molecule has 0 aliphatic heterocycles. The first-order chi connectivity index (χ1) is 9.56. The van der Waals surface area contributed by atoms with Crippen molar-refractivity contribution < 1.29 is 14.3 Å². The number of carboxylic acid groups (broad SMARTS) is 1. The van der Waals surface area contributed by atoms with Crippen LogP contribution in [0, 0.1) is 6.92 Å². The van der Waals surface area contributed by atoms with Gasteiger partial charge in [0.15, 0.2) is 11.5 Å². The number of nitrogens with zero attached hydrogens (tertiary/aromatic N) is 4. The van der Waals surface area contributed by atoms with Crippen LogP contribution in [0.15, 0.2) is 23.1 Å². The van der Waals surface area contributed by atoms with E-state index >= 15 is 0 Å². The fraction of sp³-hybridized carbons (Fsp3) is 0.167. The number of hydrogen-bond donors (Lipinski definition) is 2. The van der Waals surface area contributed by atoms with E-state index in [4.69, 9.17) is 15.3 Å². The normalized spacial score (nSPS) is 11.1. The van der Waals surface area contributed by atoms with Crippen LogP contribution in [0.4, 0.5) is 5.82 Å². The zero-order valence-electron chi connectivity index (χ0n) is 10.6. The van der Waals surface area contributed by atoms with Crippen LogP contribution in [0.1, 0.15) is 21.9 Å². The Kier molecular flexibility index (Phi) is 2.63. The maximum atomic E-state index is 10.9. The smallest absolute Gasteiger partial charge is 0.372 e. The van der Waals surface area contributed by atoms with Gasteiger partial charge >= 0.3 is 5.97 Å². The molecular formula is C12H11N5O3. The van der Waals surface area contributed by atoms with Gasteiger partial charge in [0.2, 0.25) is 5.76 Å². The molecule has 3 heterocycles. The third-order valence-electron chi connectivity index (χ3n) is 2.92. The minimum atomic E-state index is -1.09. The second-order valence-corrected chi connectivity index (χ2v) is 4.33. The summed E-state index contributed by atoms with van der Waals surface area (Å²) in [6.45, 7) is 2.00. The van der Waals surface area contributed by atoms with E-state index < -0.39 is 5.97 Å². The maximum Gasteiger partial charge on any atom is 0.372 e. The lowest BCUT2D eigenvalue weighted by Crippen LogP contribution is -2.00. The number of rotatable bonds is 3. The largest absolute Gasteiger partial charge is 0.475 e. The average molecular weight is 273 g/mol. The lowest BCUT2D eigenvalue weighted by molar-refractivity contribution is 0.0659. The van der Waals surface area contributed by atoms with Crippen molar-refractivity contribution in [2.24, 2.45) is 0 Å².